The number of rotatable bonds is 5. The highest BCUT2D eigenvalue weighted by atomic mass is 16.5. The smallest absolute Gasteiger partial charge is 0.359 e. The minimum Gasteiger partial charge on any atom is -0.461 e. The molecule has 24 heavy (non-hydrogen) atoms. The van der Waals surface area contributed by atoms with E-state index in [2.05, 4.69) is 34.3 Å². The van der Waals surface area contributed by atoms with Crippen molar-refractivity contribution in [1.29, 1.82) is 0 Å². The maximum atomic E-state index is 12.1. The Hall–Kier alpha value is -2.89. The van der Waals surface area contributed by atoms with Gasteiger partial charge in [0.15, 0.2) is 11.3 Å². The minimum absolute atomic E-state index is 0.310. The first-order chi connectivity index (χ1) is 11.6. The van der Waals surface area contributed by atoms with Gasteiger partial charge in [0.25, 0.3) is 0 Å². The number of benzene rings is 1. The Morgan fingerprint density at radius 1 is 1.21 bits per heavy atom. The fourth-order valence-electron chi connectivity index (χ4n) is 2.54. The number of nitrogens with zero attached hydrogens (tertiary/aromatic N) is 4. The summed E-state index contributed by atoms with van der Waals surface area (Å²) in [5.41, 5.74) is 3.21. The fourth-order valence-corrected chi connectivity index (χ4v) is 2.54. The topological polar surface area (TPSA) is 60.2 Å². The van der Waals surface area contributed by atoms with Gasteiger partial charge in [-0.1, -0.05) is 12.1 Å². The van der Waals surface area contributed by atoms with Crippen LogP contribution in [0.2, 0.25) is 0 Å². The lowest BCUT2D eigenvalue weighted by atomic mass is 10.2. The Bertz CT molecular complexity index is 853. The zero-order chi connectivity index (χ0) is 17.1. The lowest BCUT2D eigenvalue weighted by molar-refractivity contribution is 0.0520. The molecule has 0 saturated heterocycles. The molecule has 0 unspecified atom stereocenters. The van der Waals surface area contributed by atoms with Gasteiger partial charge in [-0.3, -0.25) is 0 Å². The van der Waals surface area contributed by atoms with E-state index in [1.165, 1.54) is 0 Å². The predicted octanol–water partition coefficient (Wildman–Crippen LogP) is 2.72. The van der Waals surface area contributed by atoms with E-state index in [1.54, 1.807) is 23.9 Å². The number of ether oxygens (including phenoxy) is 1. The molecule has 0 N–H and O–H groups in total. The molecular formula is C18H20N4O2. The van der Waals surface area contributed by atoms with E-state index in [4.69, 9.17) is 4.74 Å². The molecule has 0 atom stereocenters. The summed E-state index contributed by atoms with van der Waals surface area (Å²) in [5, 5.41) is 5.14. The maximum Gasteiger partial charge on any atom is 0.359 e. The number of hydrogen-bond donors (Lipinski definition) is 0. The average molecular weight is 324 g/mol. The van der Waals surface area contributed by atoms with Crippen molar-refractivity contribution in [3.63, 3.8) is 0 Å². The molecule has 1 aromatic carbocycles. The number of pyridine rings is 1. The van der Waals surface area contributed by atoms with Crippen molar-refractivity contribution >= 4 is 22.7 Å². The molecule has 2 heterocycles. The van der Waals surface area contributed by atoms with Gasteiger partial charge in [-0.15, -0.1) is 0 Å². The van der Waals surface area contributed by atoms with E-state index in [1.807, 2.05) is 25.1 Å². The molecule has 6 nitrogen and oxygen atoms in total. The lowest BCUT2D eigenvalue weighted by Crippen LogP contribution is -2.09. The van der Waals surface area contributed by atoms with Crippen LogP contribution in [0.15, 0.2) is 42.6 Å². The average Bonchev–Trinajstić information content (AvgIpc) is 2.95. The number of carbonyl (C=O) groups is 1. The molecule has 0 aliphatic rings. The second-order valence-corrected chi connectivity index (χ2v) is 5.66. The Kier molecular flexibility index (Phi) is 4.46. The Labute approximate surface area is 140 Å². The third-order valence-electron chi connectivity index (χ3n) is 3.76. The van der Waals surface area contributed by atoms with Gasteiger partial charge in [-0.25, -0.2) is 14.5 Å². The second kappa shape index (κ2) is 6.70. The third-order valence-corrected chi connectivity index (χ3v) is 3.76. The van der Waals surface area contributed by atoms with Gasteiger partial charge in [-0.2, -0.15) is 5.10 Å². The third kappa shape index (κ3) is 3.08. The van der Waals surface area contributed by atoms with Crippen LogP contribution in [0.25, 0.3) is 11.0 Å². The molecular weight excluding hydrogens is 304 g/mol. The van der Waals surface area contributed by atoms with Gasteiger partial charge in [0, 0.05) is 26.0 Å². The Morgan fingerprint density at radius 2 is 1.96 bits per heavy atom. The molecule has 0 amide bonds. The SMILES string of the molecule is CCOC(=O)c1nn(Cc2ccc(N(C)C)cc2)c2ncccc12. The summed E-state index contributed by atoms with van der Waals surface area (Å²) in [4.78, 5) is 18.5. The van der Waals surface area contributed by atoms with E-state index >= 15 is 0 Å². The highest BCUT2D eigenvalue weighted by Gasteiger charge is 2.18. The molecule has 0 fully saturated rings. The quantitative estimate of drug-likeness (QED) is 0.675. The molecule has 3 rings (SSSR count). The van der Waals surface area contributed by atoms with Gasteiger partial charge >= 0.3 is 5.97 Å². The summed E-state index contributed by atoms with van der Waals surface area (Å²) >= 11 is 0. The van der Waals surface area contributed by atoms with E-state index in [9.17, 15) is 4.79 Å². The zero-order valence-electron chi connectivity index (χ0n) is 14.1. The van der Waals surface area contributed by atoms with Crippen molar-refractivity contribution in [2.75, 3.05) is 25.6 Å². The number of carbonyl (C=O) groups excluding carboxylic acids is 1. The summed E-state index contributed by atoms with van der Waals surface area (Å²) in [5.74, 6) is -0.419. The van der Waals surface area contributed by atoms with Crippen LogP contribution in [0.5, 0.6) is 0 Å². The van der Waals surface area contributed by atoms with Gasteiger partial charge in [-0.05, 0) is 36.8 Å². The number of hydrogen-bond acceptors (Lipinski definition) is 5. The van der Waals surface area contributed by atoms with E-state index in [0.29, 0.717) is 29.9 Å². The molecule has 0 aliphatic heterocycles. The monoisotopic (exact) mass is 324 g/mol. The molecule has 6 heteroatoms. The number of fused-ring (bicyclic) bond motifs is 1. The number of esters is 1. The van der Waals surface area contributed by atoms with E-state index in [-0.39, 0.29) is 0 Å². The highest BCUT2D eigenvalue weighted by molar-refractivity contribution is 6.01. The molecule has 0 bridgehead atoms. The highest BCUT2D eigenvalue weighted by Crippen LogP contribution is 2.19. The van der Waals surface area contributed by atoms with Crippen LogP contribution in [-0.4, -0.2) is 41.4 Å². The Balaban J connectivity index is 1.96. The summed E-state index contributed by atoms with van der Waals surface area (Å²) in [6.45, 7) is 2.64. The van der Waals surface area contributed by atoms with Gasteiger partial charge < -0.3 is 9.64 Å². The number of anilines is 1. The molecule has 0 radical (unpaired) electrons. The van der Waals surface area contributed by atoms with Crippen LogP contribution in [0.3, 0.4) is 0 Å². The molecule has 0 saturated carbocycles. The molecule has 0 aliphatic carbocycles. The standard InChI is InChI=1S/C18H20N4O2/c1-4-24-18(23)16-15-6-5-11-19-17(15)22(20-16)12-13-7-9-14(10-8-13)21(2)3/h5-11H,4,12H2,1-3H3. The van der Waals surface area contributed by atoms with Crippen LogP contribution in [-0.2, 0) is 11.3 Å². The van der Waals surface area contributed by atoms with Crippen molar-refractivity contribution in [3.8, 4) is 0 Å². The second-order valence-electron chi connectivity index (χ2n) is 5.66. The van der Waals surface area contributed by atoms with Crippen molar-refractivity contribution in [2.24, 2.45) is 0 Å². The predicted molar refractivity (Wildman–Crippen MR) is 93.4 cm³/mol. The molecule has 3 aromatic rings. The first-order valence-corrected chi connectivity index (χ1v) is 7.85. The molecule has 124 valence electrons. The van der Waals surface area contributed by atoms with Crippen LogP contribution in [0.4, 0.5) is 5.69 Å². The summed E-state index contributed by atoms with van der Waals surface area (Å²) < 4.78 is 6.84. The van der Waals surface area contributed by atoms with Crippen molar-refractivity contribution in [3.05, 3.63) is 53.9 Å². The van der Waals surface area contributed by atoms with Crippen molar-refractivity contribution in [1.82, 2.24) is 14.8 Å². The molecule has 0 spiro atoms. The maximum absolute atomic E-state index is 12.1. The lowest BCUT2D eigenvalue weighted by Gasteiger charge is -2.12. The van der Waals surface area contributed by atoms with Crippen LogP contribution in [0.1, 0.15) is 23.0 Å². The van der Waals surface area contributed by atoms with Crippen LogP contribution >= 0.6 is 0 Å². The fraction of sp³-hybridized carbons (Fsp3) is 0.278. The van der Waals surface area contributed by atoms with Crippen LogP contribution in [0, 0.1) is 0 Å². The minimum atomic E-state index is -0.419. The summed E-state index contributed by atoms with van der Waals surface area (Å²) in [6.07, 6.45) is 1.70. The summed E-state index contributed by atoms with van der Waals surface area (Å²) in [7, 11) is 4.01. The zero-order valence-corrected chi connectivity index (χ0v) is 14.1. The van der Waals surface area contributed by atoms with Crippen LogP contribution < -0.4 is 4.90 Å². The van der Waals surface area contributed by atoms with E-state index in [0.717, 1.165) is 11.3 Å². The Morgan fingerprint density at radius 3 is 2.62 bits per heavy atom. The van der Waals surface area contributed by atoms with Gasteiger partial charge in [0.1, 0.15) is 0 Å². The van der Waals surface area contributed by atoms with E-state index < -0.39 is 5.97 Å². The van der Waals surface area contributed by atoms with Crippen molar-refractivity contribution < 1.29 is 9.53 Å². The first kappa shape index (κ1) is 16.0. The van der Waals surface area contributed by atoms with Gasteiger partial charge in [0.05, 0.1) is 18.5 Å². The largest absolute Gasteiger partial charge is 0.461 e. The van der Waals surface area contributed by atoms with Crippen molar-refractivity contribution in [2.45, 2.75) is 13.5 Å². The first-order valence-electron chi connectivity index (χ1n) is 7.85. The normalized spacial score (nSPS) is 10.8. The number of aromatic nitrogens is 3. The van der Waals surface area contributed by atoms with Gasteiger partial charge in [0.2, 0.25) is 0 Å². The molecule has 2 aromatic heterocycles. The summed E-state index contributed by atoms with van der Waals surface area (Å²) in [6, 6.07) is 11.9.